The third kappa shape index (κ3) is 3.79. The van der Waals surface area contributed by atoms with Crippen LogP contribution in [0.25, 0.3) is 0 Å². The number of nitrogens with one attached hydrogen (secondary N) is 1. The van der Waals surface area contributed by atoms with E-state index in [1.165, 1.54) is 51.5 Å². The number of hydrogen-bond acceptors (Lipinski definition) is 1. The standard InChI is InChI=1S/C14H27N/c1-11(2)13-5-3-4-12(6-7-13)10-15-14-8-9-14/h11-15H,3-10H2,1-2H3. The first-order valence-corrected chi connectivity index (χ1v) is 6.99. The van der Waals surface area contributed by atoms with Crippen molar-refractivity contribution in [3.8, 4) is 0 Å². The first kappa shape index (κ1) is 11.4. The Bertz CT molecular complexity index is 184. The maximum absolute atomic E-state index is 3.70. The Morgan fingerprint density at radius 1 is 1.00 bits per heavy atom. The topological polar surface area (TPSA) is 12.0 Å². The molecule has 88 valence electrons. The second-order valence-electron chi connectivity index (χ2n) is 6.06. The molecule has 1 nitrogen and oxygen atoms in total. The van der Waals surface area contributed by atoms with Crippen LogP contribution < -0.4 is 5.32 Å². The van der Waals surface area contributed by atoms with Gasteiger partial charge in [-0.1, -0.05) is 26.7 Å². The molecule has 2 aliphatic rings. The molecule has 15 heavy (non-hydrogen) atoms. The second-order valence-corrected chi connectivity index (χ2v) is 6.06. The zero-order chi connectivity index (χ0) is 10.7. The predicted molar refractivity (Wildman–Crippen MR) is 65.9 cm³/mol. The Morgan fingerprint density at radius 2 is 1.80 bits per heavy atom. The van der Waals surface area contributed by atoms with Crippen LogP contribution in [0.4, 0.5) is 0 Å². The van der Waals surface area contributed by atoms with E-state index >= 15 is 0 Å². The van der Waals surface area contributed by atoms with Crippen LogP contribution in [0.15, 0.2) is 0 Å². The van der Waals surface area contributed by atoms with E-state index in [9.17, 15) is 0 Å². The molecule has 2 atom stereocenters. The molecule has 0 saturated heterocycles. The van der Waals surface area contributed by atoms with Gasteiger partial charge in [0.2, 0.25) is 0 Å². The van der Waals surface area contributed by atoms with Crippen LogP contribution in [-0.4, -0.2) is 12.6 Å². The highest BCUT2D eigenvalue weighted by Crippen LogP contribution is 2.31. The van der Waals surface area contributed by atoms with Crippen LogP contribution in [-0.2, 0) is 0 Å². The fourth-order valence-electron chi connectivity index (χ4n) is 2.90. The van der Waals surface area contributed by atoms with Gasteiger partial charge in [0.25, 0.3) is 0 Å². The maximum atomic E-state index is 3.70. The summed E-state index contributed by atoms with van der Waals surface area (Å²) in [7, 11) is 0. The lowest BCUT2D eigenvalue weighted by molar-refractivity contribution is 0.334. The van der Waals surface area contributed by atoms with Crippen molar-refractivity contribution in [3.63, 3.8) is 0 Å². The van der Waals surface area contributed by atoms with Gasteiger partial charge in [-0.25, -0.2) is 0 Å². The molecule has 0 radical (unpaired) electrons. The van der Waals surface area contributed by atoms with Gasteiger partial charge in [0.1, 0.15) is 0 Å². The average Bonchev–Trinajstić information content (AvgIpc) is 3.02. The van der Waals surface area contributed by atoms with Gasteiger partial charge in [0.05, 0.1) is 0 Å². The lowest BCUT2D eigenvalue weighted by atomic mass is 9.88. The van der Waals surface area contributed by atoms with Crippen molar-refractivity contribution in [3.05, 3.63) is 0 Å². The van der Waals surface area contributed by atoms with Crippen molar-refractivity contribution >= 4 is 0 Å². The van der Waals surface area contributed by atoms with Crippen LogP contribution >= 0.6 is 0 Å². The van der Waals surface area contributed by atoms with Crippen molar-refractivity contribution in [2.45, 2.75) is 64.8 Å². The van der Waals surface area contributed by atoms with E-state index < -0.39 is 0 Å². The zero-order valence-corrected chi connectivity index (χ0v) is 10.5. The molecular weight excluding hydrogens is 182 g/mol. The van der Waals surface area contributed by atoms with E-state index in [4.69, 9.17) is 0 Å². The highest BCUT2D eigenvalue weighted by molar-refractivity contribution is 4.82. The molecule has 0 heterocycles. The fraction of sp³-hybridized carbons (Fsp3) is 1.00. The van der Waals surface area contributed by atoms with Crippen molar-refractivity contribution in [2.75, 3.05) is 6.54 Å². The molecule has 2 saturated carbocycles. The summed E-state index contributed by atoms with van der Waals surface area (Å²) in [4.78, 5) is 0. The molecule has 2 fully saturated rings. The van der Waals surface area contributed by atoms with E-state index in [-0.39, 0.29) is 0 Å². The lowest BCUT2D eigenvalue weighted by Crippen LogP contribution is -2.24. The second kappa shape index (κ2) is 5.34. The van der Waals surface area contributed by atoms with Crippen molar-refractivity contribution < 1.29 is 0 Å². The van der Waals surface area contributed by atoms with Crippen molar-refractivity contribution in [1.29, 1.82) is 0 Å². The SMILES string of the molecule is CC(C)C1CCCC(CNC2CC2)CC1. The zero-order valence-electron chi connectivity index (χ0n) is 10.5. The normalized spacial score (nSPS) is 33.0. The first-order valence-electron chi connectivity index (χ1n) is 6.99. The van der Waals surface area contributed by atoms with E-state index in [0.29, 0.717) is 0 Å². The van der Waals surface area contributed by atoms with E-state index in [1.54, 1.807) is 0 Å². The summed E-state index contributed by atoms with van der Waals surface area (Å²) in [5.74, 6) is 2.89. The third-order valence-corrected chi connectivity index (χ3v) is 4.35. The molecule has 2 rings (SSSR count). The van der Waals surface area contributed by atoms with E-state index in [0.717, 1.165) is 23.8 Å². The molecule has 0 aliphatic heterocycles. The Morgan fingerprint density at radius 3 is 2.47 bits per heavy atom. The third-order valence-electron chi connectivity index (χ3n) is 4.35. The van der Waals surface area contributed by atoms with Gasteiger partial charge < -0.3 is 5.32 Å². The van der Waals surface area contributed by atoms with Gasteiger partial charge >= 0.3 is 0 Å². The highest BCUT2D eigenvalue weighted by Gasteiger charge is 2.24. The Hall–Kier alpha value is -0.0400. The van der Waals surface area contributed by atoms with Crippen molar-refractivity contribution in [2.24, 2.45) is 17.8 Å². The van der Waals surface area contributed by atoms with Crippen LogP contribution in [0.3, 0.4) is 0 Å². The maximum Gasteiger partial charge on any atom is 0.00683 e. The number of rotatable bonds is 4. The summed E-state index contributed by atoms with van der Waals surface area (Å²) < 4.78 is 0. The summed E-state index contributed by atoms with van der Waals surface area (Å²) in [5.41, 5.74) is 0. The molecule has 0 aromatic rings. The van der Waals surface area contributed by atoms with Gasteiger partial charge in [-0.2, -0.15) is 0 Å². The molecule has 0 spiro atoms. The molecule has 1 heteroatoms. The van der Waals surface area contributed by atoms with Crippen molar-refractivity contribution in [1.82, 2.24) is 5.32 Å². The van der Waals surface area contributed by atoms with Crippen LogP contribution in [0.1, 0.15) is 58.8 Å². The minimum absolute atomic E-state index is 0.897. The average molecular weight is 209 g/mol. The summed E-state index contributed by atoms with van der Waals surface area (Å²) in [5, 5.41) is 3.70. The predicted octanol–water partition coefficient (Wildman–Crippen LogP) is 3.59. The van der Waals surface area contributed by atoms with Gasteiger partial charge in [-0.3, -0.25) is 0 Å². The molecular formula is C14H27N. The minimum Gasteiger partial charge on any atom is -0.314 e. The molecule has 0 amide bonds. The lowest BCUT2D eigenvalue weighted by Gasteiger charge is -2.18. The monoisotopic (exact) mass is 209 g/mol. The number of hydrogen-bond donors (Lipinski definition) is 1. The van der Waals surface area contributed by atoms with E-state index in [1.807, 2.05) is 0 Å². The summed E-state index contributed by atoms with van der Waals surface area (Å²) in [6.45, 7) is 6.09. The highest BCUT2D eigenvalue weighted by atomic mass is 14.9. The van der Waals surface area contributed by atoms with Gasteiger partial charge in [-0.15, -0.1) is 0 Å². The molecule has 2 unspecified atom stereocenters. The largest absolute Gasteiger partial charge is 0.314 e. The molecule has 0 aromatic heterocycles. The molecule has 2 aliphatic carbocycles. The van der Waals surface area contributed by atoms with Crippen LogP contribution in [0.5, 0.6) is 0 Å². The molecule has 0 aromatic carbocycles. The summed E-state index contributed by atoms with van der Waals surface area (Å²) in [6.07, 6.45) is 10.3. The van der Waals surface area contributed by atoms with Crippen LogP contribution in [0, 0.1) is 17.8 Å². The Balaban J connectivity index is 1.68. The summed E-state index contributed by atoms with van der Waals surface area (Å²) in [6, 6.07) is 0.897. The summed E-state index contributed by atoms with van der Waals surface area (Å²) >= 11 is 0. The Kier molecular flexibility index (Phi) is 4.07. The first-order chi connectivity index (χ1) is 7.25. The Labute approximate surface area is 95.0 Å². The minimum atomic E-state index is 0.897. The van der Waals surface area contributed by atoms with Gasteiger partial charge in [-0.05, 0) is 56.4 Å². The van der Waals surface area contributed by atoms with Gasteiger partial charge in [0, 0.05) is 6.04 Å². The smallest absolute Gasteiger partial charge is 0.00683 e. The molecule has 0 bridgehead atoms. The van der Waals surface area contributed by atoms with Gasteiger partial charge in [0.15, 0.2) is 0 Å². The van der Waals surface area contributed by atoms with Crippen LogP contribution in [0.2, 0.25) is 0 Å². The fourth-order valence-corrected chi connectivity index (χ4v) is 2.90. The van der Waals surface area contributed by atoms with E-state index in [2.05, 4.69) is 19.2 Å². The molecule has 1 N–H and O–H groups in total. The quantitative estimate of drug-likeness (QED) is 0.698.